The van der Waals surface area contributed by atoms with Crippen molar-refractivity contribution in [3.8, 4) is 29.0 Å². The van der Waals surface area contributed by atoms with Crippen molar-refractivity contribution < 1.29 is 23.4 Å². The van der Waals surface area contributed by atoms with Crippen molar-refractivity contribution >= 4 is 54.7 Å². The molecule has 0 radical (unpaired) electrons. The highest BCUT2D eigenvalue weighted by atomic mass is 35.5. The number of piperidine rings is 1. The molecule has 240 valence electrons. The fourth-order valence-corrected chi connectivity index (χ4v) is 9.56. The topological polar surface area (TPSA) is 121 Å². The maximum atomic E-state index is 17.1. The Morgan fingerprint density at radius 2 is 2.07 bits per heavy atom. The second-order valence-electron chi connectivity index (χ2n) is 13.6. The maximum Gasteiger partial charge on any atom is 0.319 e. The minimum Gasteiger partial charge on any atom is -0.489 e. The van der Waals surface area contributed by atoms with E-state index < -0.39 is 17.2 Å². The van der Waals surface area contributed by atoms with E-state index in [0.717, 1.165) is 43.7 Å². The first-order valence-electron chi connectivity index (χ1n) is 15.6. The summed E-state index contributed by atoms with van der Waals surface area (Å²) in [5.74, 6) is -0.169. The lowest BCUT2D eigenvalue weighted by atomic mass is 9.88. The molecule has 4 aliphatic heterocycles. The third kappa shape index (κ3) is 4.43. The van der Waals surface area contributed by atoms with E-state index in [1.165, 1.54) is 12.1 Å². The molecule has 4 aliphatic rings. The lowest BCUT2D eigenvalue weighted by Gasteiger charge is -2.42. The molecule has 3 saturated heterocycles. The number of nitrogen functional groups attached to an aromatic ring is 1. The molecule has 4 aromatic rings. The number of thiophene rings is 1. The molecule has 0 saturated carbocycles. The minimum atomic E-state index is -0.913. The van der Waals surface area contributed by atoms with Crippen LogP contribution in [0, 0.1) is 28.9 Å². The Morgan fingerprint density at radius 1 is 1.24 bits per heavy atom. The van der Waals surface area contributed by atoms with Crippen LogP contribution in [0.15, 0.2) is 12.1 Å². The monoisotopic (exact) mass is 666 g/mol. The lowest BCUT2D eigenvalue weighted by molar-refractivity contribution is 0.0160. The third-order valence-electron chi connectivity index (χ3n) is 10.3. The van der Waals surface area contributed by atoms with E-state index in [1.807, 2.05) is 11.0 Å². The summed E-state index contributed by atoms with van der Waals surface area (Å²) in [5.41, 5.74) is 5.22. The van der Waals surface area contributed by atoms with E-state index in [1.54, 1.807) is 6.92 Å². The van der Waals surface area contributed by atoms with E-state index in [9.17, 15) is 14.8 Å². The zero-order chi connectivity index (χ0) is 32.1. The smallest absolute Gasteiger partial charge is 0.319 e. The molecule has 4 atom stereocenters. The molecule has 3 fully saturated rings. The van der Waals surface area contributed by atoms with Gasteiger partial charge in [-0.25, -0.2) is 8.78 Å². The van der Waals surface area contributed by atoms with Crippen molar-refractivity contribution in [2.75, 3.05) is 43.5 Å². The number of nitriles is 1. The van der Waals surface area contributed by atoms with Gasteiger partial charge in [0, 0.05) is 24.0 Å². The number of nitrogens with zero attached hydrogens (tertiary/aromatic N) is 5. The number of aromatic nitrogens is 2. The fraction of sp³-hybridized carbons (Fsp3) is 0.485. The summed E-state index contributed by atoms with van der Waals surface area (Å²) in [6.07, 6.45) is 4.00. The molecule has 6 heterocycles. The molecule has 2 aromatic heterocycles. The van der Waals surface area contributed by atoms with E-state index in [4.69, 9.17) is 31.8 Å². The summed E-state index contributed by atoms with van der Waals surface area (Å²) < 4.78 is 44.9. The zero-order valence-corrected chi connectivity index (χ0v) is 27.1. The first-order chi connectivity index (χ1) is 22.0. The van der Waals surface area contributed by atoms with Crippen molar-refractivity contribution in [3.63, 3.8) is 0 Å². The number of anilines is 2. The molecule has 2 aromatic carbocycles. The summed E-state index contributed by atoms with van der Waals surface area (Å²) in [4.78, 5) is 14.0. The van der Waals surface area contributed by atoms with E-state index in [-0.39, 0.29) is 72.3 Å². The SMILES string of the molecule is C[C@H]1CN2CCCC2(COc2nc3c4c(c(Cl)c(-c5ccc(F)c6sc(N)c(C#N)c56)c(F)c4n2)OCC2CC(C)(O)CCN32)C1. The van der Waals surface area contributed by atoms with Gasteiger partial charge >= 0.3 is 6.01 Å². The van der Waals surface area contributed by atoms with Crippen LogP contribution in [0.2, 0.25) is 5.02 Å². The first kappa shape index (κ1) is 29.9. The highest BCUT2D eigenvalue weighted by Crippen LogP contribution is 2.52. The van der Waals surface area contributed by atoms with Crippen LogP contribution in [0.3, 0.4) is 0 Å². The van der Waals surface area contributed by atoms with Gasteiger partial charge in [0.05, 0.1) is 37.9 Å². The number of hydrogen-bond acceptors (Lipinski definition) is 10. The van der Waals surface area contributed by atoms with Crippen LogP contribution < -0.4 is 20.1 Å². The Bertz CT molecular complexity index is 1980. The van der Waals surface area contributed by atoms with Crippen LogP contribution in [0.5, 0.6) is 11.8 Å². The van der Waals surface area contributed by atoms with Crippen molar-refractivity contribution in [2.45, 2.75) is 63.1 Å². The van der Waals surface area contributed by atoms with Gasteiger partial charge in [0.1, 0.15) is 41.4 Å². The van der Waals surface area contributed by atoms with Crippen molar-refractivity contribution in [2.24, 2.45) is 5.92 Å². The molecule has 3 N–H and O–H groups in total. The highest BCUT2D eigenvalue weighted by molar-refractivity contribution is 7.23. The molecular formula is C33H33ClF2N6O3S. The second-order valence-corrected chi connectivity index (χ2v) is 15.0. The molecular weight excluding hydrogens is 634 g/mol. The molecule has 0 bridgehead atoms. The van der Waals surface area contributed by atoms with Gasteiger partial charge in [-0.05, 0) is 63.1 Å². The molecule has 13 heteroatoms. The first-order valence-corrected chi connectivity index (χ1v) is 16.8. The number of benzene rings is 2. The van der Waals surface area contributed by atoms with Gasteiger partial charge in [-0.1, -0.05) is 24.6 Å². The van der Waals surface area contributed by atoms with Crippen molar-refractivity contribution in [3.05, 3.63) is 34.4 Å². The number of fused-ring (bicyclic) bond motifs is 4. The second kappa shape index (κ2) is 10.5. The predicted molar refractivity (Wildman–Crippen MR) is 174 cm³/mol. The number of nitrogens with two attached hydrogens (primary N) is 1. The molecule has 0 amide bonds. The van der Waals surface area contributed by atoms with Crippen LogP contribution >= 0.6 is 22.9 Å². The normalized spacial score (nSPS) is 27.4. The minimum absolute atomic E-state index is 0.0427. The number of ether oxygens (including phenoxy) is 2. The zero-order valence-electron chi connectivity index (χ0n) is 25.5. The largest absolute Gasteiger partial charge is 0.489 e. The summed E-state index contributed by atoms with van der Waals surface area (Å²) in [6.45, 7) is 7.08. The van der Waals surface area contributed by atoms with Crippen molar-refractivity contribution in [1.29, 1.82) is 5.26 Å². The van der Waals surface area contributed by atoms with Gasteiger partial charge in [-0.3, -0.25) is 4.90 Å². The molecule has 0 aliphatic carbocycles. The van der Waals surface area contributed by atoms with Gasteiger partial charge in [-0.15, -0.1) is 11.3 Å². The lowest BCUT2D eigenvalue weighted by Crippen LogP contribution is -2.51. The molecule has 0 spiro atoms. The Morgan fingerprint density at radius 3 is 2.87 bits per heavy atom. The van der Waals surface area contributed by atoms with Gasteiger partial charge in [0.2, 0.25) is 0 Å². The van der Waals surface area contributed by atoms with Gasteiger partial charge in [-0.2, -0.15) is 15.2 Å². The fourth-order valence-electron chi connectivity index (χ4n) is 8.28. The predicted octanol–water partition coefficient (Wildman–Crippen LogP) is 6.26. The quantitative estimate of drug-likeness (QED) is 0.260. The van der Waals surface area contributed by atoms with Crippen LogP contribution in [0.4, 0.5) is 19.6 Å². The number of aliphatic hydroxyl groups is 1. The molecule has 3 unspecified atom stereocenters. The standard InChI is InChI=1S/C33H33ClF2N6O3S/c1-16-10-33(6-3-8-41(33)13-16)15-45-31-39-26-23-27(44-14-17-11-32(2,43)7-9-42(17)30(23)40-31)24(34)22(25(26)36)18-4-5-20(35)28-21(18)19(12-37)29(38)46-28/h4-5,16-17,43H,3,6-11,13-15,38H2,1-2H3/t16-,17?,32?,33?/m1/s1. The molecule has 8 rings (SSSR count). The summed E-state index contributed by atoms with van der Waals surface area (Å²) >= 11 is 7.96. The number of halogens is 3. The Hall–Kier alpha value is -3.50. The van der Waals surface area contributed by atoms with Crippen LogP contribution in [-0.2, 0) is 0 Å². The van der Waals surface area contributed by atoms with Crippen LogP contribution in [0.1, 0.15) is 51.5 Å². The summed E-state index contributed by atoms with van der Waals surface area (Å²) in [5, 5.41) is 21.4. The van der Waals surface area contributed by atoms with E-state index in [2.05, 4.69) is 16.8 Å². The molecule has 46 heavy (non-hydrogen) atoms. The number of rotatable bonds is 4. The van der Waals surface area contributed by atoms with Gasteiger partial charge in [0.25, 0.3) is 0 Å². The highest BCUT2D eigenvalue weighted by Gasteiger charge is 2.48. The van der Waals surface area contributed by atoms with Crippen LogP contribution in [-0.4, -0.2) is 70.0 Å². The molecule has 9 nitrogen and oxygen atoms in total. The van der Waals surface area contributed by atoms with Gasteiger partial charge < -0.3 is 25.2 Å². The van der Waals surface area contributed by atoms with Crippen molar-refractivity contribution in [1.82, 2.24) is 14.9 Å². The van der Waals surface area contributed by atoms with E-state index >= 15 is 4.39 Å². The van der Waals surface area contributed by atoms with E-state index in [0.29, 0.717) is 43.1 Å². The van der Waals surface area contributed by atoms with Crippen LogP contribution in [0.25, 0.3) is 32.1 Å². The summed E-state index contributed by atoms with van der Waals surface area (Å²) in [7, 11) is 0. The maximum absolute atomic E-state index is 17.1. The average molecular weight is 667 g/mol. The Labute approximate surface area is 273 Å². The summed E-state index contributed by atoms with van der Waals surface area (Å²) in [6, 6.07) is 4.43. The Balaban J connectivity index is 1.34. The average Bonchev–Trinajstić information content (AvgIpc) is 3.62. The Kier molecular flexibility index (Phi) is 6.82. The van der Waals surface area contributed by atoms with Gasteiger partial charge in [0.15, 0.2) is 11.6 Å². The third-order valence-corrected chi connectivity index (χ3v) is 11.7. The number of hydrogen-bond donors (Lipinski definition) is 2.